The first kappa shape index (κ1) is 86.6. The fraction of sp³-hybridized carbons (Fsp3) is 0.247. The van der Waals surface area contributed by atoms with Crippen LogP contribution in [0, 0.1) is 0 Å². The standard InChI is InChI=1S/C36H39N4O5PS.C34H36N3O5PS.C19H21N3O2S/c1-27(2)35-36(40(23-28-18-20-38-21-19-28)34(39-35)17-16-33(37)41)47-32-15-9-14-31(22-32)43-26-46(42,44-24-29-10-5-3-6-11-29)45-25-30-12-7-4-8-13-30;1-26(2)33-34(37(32(22-38)36-33)21-27-16-18-35-19-17-27)44-31-15-9-14-30(20-31)40-25-43(39,41-23-28-10-5-3-6-11-28)42-24-29-12-7-4-8-13-29;1-13(2)18-19(25-16-5-3-4-15(24)10-16)22(17(12-23)21-18)11-14-6-8-20-9-7-14/h3-15,18-22,27H,16-17,23-26H2,1-2H3,(H2,37,41);3-20,26,38H,21-25H2,1-2H3;3-10,13,23-24H,11-12H2,1-2H3. The topological polar surface area (TPSA) is 285 Å². The molecule has 0 fully saturated rings. The van der Waals surface area contributed by atoms with Gasteiger partial charge in [-0.25, -0.2) is 15.0 Å². The molecule has 5 N–H and O–H groups in total. The lowest BCUT2D eigenvalue weighted by Crippen LogP contribution is -2.14. The molecule has 0 saturated carbocycles. The van der Waals surface area contributed by atoms with E-state index in [-0.39, 0.29) is 88.2 Å². The molecule has 0 spiro atoms. The van der Waals surface area contributed by atoms with E-state index in [1.165, 1.54) is 0 Å². The molecule has 22 nitrogen and oxygen atoms in total. The van der Waals surface area contributed by atoms with Crippen molar-refractivity contribution >= 4 is 56.4 Å². The molecule has 13 rings (SSSR count). The van der Waals surface area contributed by atoms with Gasteiger partial charge in [-0.3, -0.25) is 28.9 Å². The third-order valence-corrected chi connectivity index (χ3v) is 24.1. The number of carbonyl (C=O) groups excluding carboxylic acids is 1. The molecule has 0 aliphatic heterocycles. The number of aromatic hydroxyl groups is 1. The Hall–Kier alpha value is -10.2. The molecular formula is C89H96N10O12P2S3. The minimum Gasteiger partial charge on any atom is -0.508 e. The summed E-state index contributed by atoms with van der Waals surface area (Å²) in [6.45, 7) is 14.5. The van der Waals surface area contributed by atoms with Crippen LogP contribution in [0.5, 0.6) is 17.2 Å². The largest absolute Gasteiger partial charge is 0.508 e. The highest BCUT2D eigenvalue weighted by molar-refractivity contribution is 7.99. The van der Waals surface area contributed by atoms with Crippen LogP contribution in [0.15, 0.2) is 297 Å². The van der Waals surface area contributed by atoms with Gasteiger partial charge in [0.2, 0.25) is 5.91 Å². The number of aromatic nitrogens is 9. The van der Waals surface area contributed by atoms with Gasteiger partial charge in [0.05, 0.1) is 56.6 Å². The number of primary amides is 1. The number of phenolic OH excluding ortho intramolecular Hbond substituents is 1. The Morgan fingerprint density at radius 1 is 0.397 bits per heavy atom. The third-order valence-electron chi connectivity index (χ3n) is 17.8. The number of amides is 1. The summed E-state index contributed by atoms with van der Waals surface area (Å²) in [5.41, 5.74) is 15.1. The maximum atomic E-state index is 13.9. The number of benzene rings is 7. The van der Waals surface area contributed by atoms with Crippen molar-refractivity contribution in [2.45, 2.75) is 161 Å². The Labute approximate surface area is 690 Å². The zero-order valence-corrected chi connectivity index (χ0v) is 69.8. The summed E-state index contributed by atoms with van der Waals surface area (Å²) < 4.78 is 69.7. The molecule has 116 heavy (non-hydrogen) atoms. The first-order valence-corrected chi connectivity index (χ1v) is 43.8. The molecule has 0 atom stereocenters. The number of phenols is 1. The van der Waals surface area contributed by atoms with Crippen LogP contribution in [0.2, 0.25) is 0 Å². The van der Waals surface area contributed by atoms with Gasteiger partial charge in [0.1, 0.15) is 63.0 Å². The van der Waals surface area contributed by atoms with E-state index in [2.05, 4.69) is 66.0 Å². The van der Waals surface area contributed by atoms with Gasteiger partial charge in [-0.1, -0.05) is 216 Å². The van der Waals surface area contributed by atoms with Crippen LogP contribution >= 0.6 is 50.5 Å². The summed E-state index contributed by atoms with van der Waals surface area (Å²) in [5, 5.41) is 32.6. The zero-order chi connectivity index (χ0) is 81.7. The second kappa shape index (κ2) is 43.6. The molecule has 0 aliphatic rings. The van der Waals surface area contributed by atoms with Crippen molar-refractivity contribution in [1.29, 1.82) is 0 Å². The Bertz CT molecular complexity index is 5220. The number of aryl methyl sites for hydroxylation is 1. The predicted octanol–water partition coefficient (Wildman–Crippen LogP) is 19.8. The first-order chi connectivity index (χ1) is 56.3. The molecule has 6 aromatic heterocycles. The van der Waals surface area contributed by atoms with Gasteiger partial charge in [-0.2, -0.15) is 0 Å². The number of imidazole rings is 3. The number of carbonyl (C=O) groups is 1. The summed E-state index contributed by atoms with van der Waals surface area (Å²) in [5.74, 6) is 3.49. The average Bonchev–Trinajstić information content (AvgIpc) is 1.66. The van der Waals surface area contributed by atoms with Crippen molar-refractivity contribution in [2.75, 3.05) is 12.7 Å². The number of nitrogens with zero attached hydrogens (tertiary/aromatic N) is 9. The molecule has 602 valence electrons. The Morgan fingerprint density at radius 2 is 0.698 bits per heavy atom. The van der Waals surface area contributed by atoms with Crippen LogP contribution in [-0.2, 0) is 97.7 Å². The molecule has 0 bridgehead atoms. The van der Waals surface area contributed by atoms with Gasteiger partial charge < -0.3 is 62.3 Å². The molecule has 0 radical (unpaired) electrons. The number of pyridine rings is 3. The maximum absolute atomic E-state index is 13.9. The fourth-order valence-electron chi connectivity index (χ4n) is 11.8. The number of ether oxygens (including phenoxy) is 2. The highest BCUT2D eigenvalue weighted by Crippen LogP contribution is 2.52. The minimum atomic E-state index is -3.66. The number of rotatable bonds is 38. The predicted molar refractivity (Wildman–Crippen MR) is 453 cm³/mol. The SMILES string of the molecule is CC(C)c1nc(CCC(N)=O)n(Cc2ccncc2)c1Sc1cccc(OCP(=O)(OCc2ccccc2)OCc2ccccc2)c1.CC(C)c1nc(CO)n(Cc2ccncc2)c1Sc1cccc(O)c1.CC(C)c1nc(CO)n(Cc2ccncc2)c1Sc1cccc(OCP(=O)(OCc2ccccc2)OCc2ccccc2)c1. The van der Waals surface area contributed by atoms with E-state index in [9.17, 15) is 29.2 Å². The second-order valence-electron chi connectivity index (χ2n) is 27.8. The molecule has 1 amide bonds. The summed E-state index contributed by atoms with van der Waals surface area (Å²) in [6, 6.07) is 72.3. The molecular weight excluding hydrogens is 1560 g/mol. The maximum Gasteiger partial charge on any atom is 0.368 e. The number of hydrogen-bond acceptors (Lipinski definition) is 21. The van der Waals surface area contributed by atoms with Gasteiger partial charge in [0.15, 0.2) is 12.7 Å². The van der Waals surface area contributed by atoms with E-state index >= 15 is 0 Å². The molecule has 0 unspecified atom stereocenters. The Kier molecular flexibility index (Phi) is 32.6. The van der Waals surface area contributed by atoms with Crippen LogP contribution in [-0.4, -0.2) is 77.5 Å². The number of aliphatic hydroxyl groups is 2. The van der Waals surface area contributed by atoms with Crippen LogP contribution in [0.25, 0.3) is 0 Å². The van der Waals surface area contributed by atoms with E-state index in [0.29, 0.717) is 49.2 Å². The van der Waals surface area contributed by atoms with Gasteiger partial charge in [-0.05, 0) is 148 Å². The van der Waals surface area contributed by atoms with E-state index in [1.807, 2.05) is 228 Å². The van der Waals surface area contributed by atoms with Gasteiger partial charge >= 0.3 is 15.2 Å². The highest BCUT2D eigenvalue weighted by atomic mass is 32.2. The summed E-state index contributed by atoms with van der Waals surface area (Å²) in [4.78, 5) is 41.2. The minimum absolute atomic E-state index is 0.120. The summed E-state index contributed by atoms with van der Waals surface area (Å²) in [7, 11) is -7.31. The van der Waals surface area contributed by atoms with Gasteiger partial charge in [0.25, 0.3) is 0 Å². The number of hydrogen-bond donors (Lipinski definition) is 4. The summed E-state index contributed by atoms with van der Waals surface area (Å²) >= 11 is 4.67. The third kappa shape index (κ3) is 26.1. The molecule has 0 saturated heterocycles. The highest BCUT2D eigenvalue weighted by Gasteiger charge is 2.30. The molecule has 27 heteroatoms. The average molecular weight is 1660 g/mol. The first-order valence-electron chi connectivity index (χ1n) is 37.9. The fourth-order valence-corrected chi connectivity index (χ4v) is 17.9. The molecule has 7 aromatic carbocycles. The van der Waals surface area contributed by atoms with Crippen LogP contribution in [0.3, 0.4) is 0 Å². The van der Waals surface area contributed by atoms with Crippen molar-refractivity contribution in [1.82, 2.24) is 43.6 Å². The van der Waals surface area contributed by atoms with Crippen LogP contribution in [0.4, 0.5) is 0 Å². The van der Waals surface area contributed by atoms with E-state index in [1.54, 1.807) is 84.6 Å². The Balaban J connectivity index is 0.000000179. The van der Waals surface area contributed by atoms with Crippen molar-refractivity contribution < 1.29 is 56.8 Å². The van der Waals surface area contributed by atoms with Gasteiger partial charge in [-0.15, -0.1) is 0 Å². The summed E-state index contributed by atoms with van der Waals surface area (Å²) in [6.07, 6.45) is 10.7. The van der Waals surface area contributed by atoms with Crippen molar-refractivity contribution in [2.24, 2.45) is 5.73 Å². The number of nitrogens with two attached hydrogens (primary N) is 1. The lowest BCUT2D eigenvalue weighted by Gasteiger charge is -2.19. The Morgan fingerprint density at radius 3 is 1.00 bits per heavy atom. The molecule has 13 aromatic rings. The molecule has 6 heterocycles. The smallest absolute Gasteiger partial charge is 0.368 e. The van der Waals surface area contributed by atoms with Crippen molar-refractivity contribution in [3.63, 3.8) is 0 Å². The molecule has 0 aliphatic carbocycles. The van der Waals surface area contributed by atoms with Crippen molar-refractivity contribution in [3.05, 3.63) is 341 Å². The normalized spacial score (nSPS) is 11.5. The van der Waals surface area contributed by atoms with E-state index < -0.39 is 15.2 Å². The lowest BCUT2D eigenvalue weighted by molar-refractivity contribution is -0.118. The second-order valence-corrected chi connectivity index (χ2v) is 35.0. The lowest BCUT2D eigenvalue weighted by atomic mass is 10.1. The number of aliphatic hydroxyl groups excluding tert-OH is 2. The quantitative estimate of drug-likeness (QED) is 0.0262. The van der Waals surface area contributed by atoms with E-state index in [4.69, 9.17) is 43.3 Å². The van der Waals surface area contributed by atoms with Gasteiger partial charge in [0, 0.05) is 71.3 Å². The van der Waals surface area contributed by atoms with Crippen LogP contribution in [0.1, 0.15) is 139 Å². The van der Waals surface area contributed by atoms with Crippen molar-refractivity contribution in [3.8, 4) is 17.2 Å². The van der Waals surface area contributed by atoms with Crippen LogP contribution < -0.4 is 15.2 Å². The van der Waals surface area contributed by atoms with E-state index in [0.717, 1.165) is 91.6 Å². The monoisotopic (exact) mass is 1650 g/mol. The zero-order valence-electron chi connectivity index (χ0n) is 65.6.